The second-order valence-electron chi connectivity index (χ2n) is 8.14. The van der Waals surface area contributed by atoms with Gasteiger partial charge in [0.15, 0.2) is 0 Å². The van der Waals surface area contributed by atoms with Crippen LogP contribution in [0.2, 0.25) is 0 Å². The Morgan fingerprint density at radius 3 is 2.73 bits per heavy atom. The van der Waals surface area contributed by atoms with Crippen molar-refractivity contribution in [1.82, 2.24) is 19.5 Å². The Hall–Kier alpha value is -2.32. The Morgan fingerprint density at radius 1 is 1.10 bits per heavy atom. The lowest BCUT2D eigenvalue weighted by atomic mass is 9.99. The Labute approximate surface area is 178 Å². The van der Waals surface area contributed by atoms with Crippen molar-refractivity contribution >= 4 is 20.9 Å². The molecule has 1 aliphatic rings. The lowest BCUT2D eigenvalue weighted by Gasteiger charge is -2.37. The fourth-order valence-corrected chi connectivity index (χ4v) is 5.14. The van der Waals surface area contributed by atoms with E-state index in [4.69, 9.17) is 0 Å². The van der Waals surface area contributed by atoms with Crippen molar-refractivity contribution in [2.45, 2.75) is 17.9 Å². The number of nitrogens with one attached hydrogen (secondary N) is 1. The fourth-order valence-electron chi connectivity index (χ4n) is 3.98. The van der Waals surface area contributed by atoms with Gasteiger partial charge in [-0.15, -0.1) is 0 Å². The molecule has 1 saturated heterocycles. The number of piperazine rings is 1. The van der Waals surface area contributed by atoms with Crippen molar-refractivity contribution in [3.63, 3.8) is 0 Å². The molecule has 1 aliphatic heterocycles. The summed E-state index contributed by atoms with van der Waals surface area (Å²) in [4.78, 5) is 9.11. The van der Waals surface area contributed by atoms with Crippen LogP contribution in [0.1, 0.15) is 5.56 Å². The summed E-state index contributed by atoms with van der Waals surface area (Å²) in [6.45, 7) is 5.16. The van der Waals surface area contributed by atoms with E-state index in [-0.39, 0.29) is 6.04 Å². The van der Waals surface area contributed by atoms with E-state index >= 15 is 0 Å². The fraction of sp³-hybridized carbons (Fsp3) is 0.348. The van der Waals surface area contributed by atoms with E-state index < -0.39 is 10.0 Å². The van der Waals surface area contributed by atoms with Crippen LogP contribution in [0.5, 0.6) is 0 Å². The van der Waals surface area contributed by atoms with Gasteiger partial charge in [-0.2, -0.15) is 0 Å². The maximum Gasteiger partial charge on any atom is 0.240 e. The second kappa shape index (κ2) is 8.43. The highest BCUT2D eigenvalue weighted by molar-refractivity contribution is 7.89. The second-order valence-corrected chi connectivity index (χ2v) is 9.90. The van der Waals surface area contributed by atoms with Gasteiger partial charge in [0.05, 0.1) is 10.4 Å². The Balaban J connectivity index is 1.54. The average Bonchev–Trinajstić information content (AvgIpc) is 2.74. The molecule has 1 fully saturated rings. The third-order valence-electron chi connectivity index (χ3n) is 5.91. The highest BCUT2D eigenvalue weighted by Gasteiger charge is 2.24. The van der Waals surface area contributed by atoms with Crippen LogP contribution < -0.4 is 4.72 Å². The first kappa shape index (κ1) is 20.9. The molecular formula is C23H28N4O2S. The minimum absolute atomic E-state index is 0.171. The number of likely N-dealkylation sites (N-methyl/N-ethyl adjacent to an activating group) is 2. The molecule has 0 bridgehead atoms. The van der Waals surface area contributed by atoms with Crippen LogP contribution in [-0.4, -0.2) is 69.5 Å². The summed E-state index contributed by atoms with van der Waals surface area (Å²) in [5.41, 5.74) is 3.95. The van der Waals surface area contributed by atoms with Crippen LogP contribution in [0, 0.1) is 6.92 Å². The van der Waals surface area contributed by atoms with Gasteiger partial charge in [-0.25, -0.2) is 13.1 Å². The van der Waals surface area contributed by atoms with Gasteiger partial charge in [-0.1, -0.05) is 18.2 Å². The van der Waals surface area contributed by atoms with Crippen molar-refractivity contribution in [3.05, 3.63) is 60.3 Å². The molecule has 158 valence electrons. The lowest BCUT2D eigenvalue weighted by molar-refractivity contribution is 0.117. The number of aromatic nitrogens is 1. The Bertz CT molecular complexity index is 1160. The molecule has 0 amide bonds. The molecule has 1 N–H and O–H groups in total. The number of aryl methyl sites for hydroxylation is 1. The van der Waals surface area contributed by atoms with Crippen LogP contribution in [0.4, 0.5) is 0 Å². The summed E-state index contributed by atoms with van der Waals surface area (Å²) in [6.07, 6.45) is 1.78. The molecule has 30 heavy (non-hydrogen) atoms. The first-order valence-corrected chi connectivity index (χ1v) is 11.7. The van der Waals surface area contributed by atoms with Crippen LogP contribution in [0.3, 0.4) is 0 Å². The molecule has 4 rings (SSSR count). The van der Waals surface area contributed by atoms with Gasteiger partial charge in [0.1, 0.15) is 0 Å². The smallest absolute Gasteiger partial charge is 0.240 e. The topological polar surface area (TPSA) is 65.5 Å². The summed E-state index contributed by atoms with van der Waals surface area (Å²) in [5.74, 6) is 0. The van der Waals surface area contributed by atoms with Gasteiger partial charge in [-0.3, -0.25) is 9.88 Å². The minimum atomic E-state index is -3.56. The molecule has 0 radical (unpaired) electrons. The predicted octanol–water partition coefficient (Wildman–Crippen LogP) is 2.73. The SMILES string of the molecule is Cc1cc(S(=O)(=O)NCC2CN(C)CCN2C)ccc1-c1ccc2ncccc2c1. The van der Waals surface area contributed by atoms with E-state index in [0.717, 1.165) is 47.2 Å². The molecule has 0 saturated carbocycles. The summed E-state index contributed by atoms with van der Waals surface area (Å²) in [5, 5.41) is 1.06. The highest BCUT2D eigenvalue weighted by atomic mass is 32.2. The third-order valence-corrected chi connectivity index (χ3v) is 7.33. The van der Waals surface area contributed by atoms with E-state index in [1.165, 1.54) is 0 Å². The van der Waals surface area contributed by atoms with Crippen LogP contribution in [0.25, 0.3) is 22.0 Å². The number of benzene rings is 2. The number of hydrogen-bond donors (Lipinski definition) is 1. The largest absolute Gasteiger partial charge is 0.303 e. The van der Waals surface area contributed by atoms with Crippen molar-refractivity contribution in [3.8, 4) is 11.1 Å². The van der Waals surface area contributed by atoms with E-state index in [0.29, 0.717) is 11.4 Å². The van der Waals surface area contributed by atoms with Crippen molar-refractivity contribution in [2.75, 3.05) is 40.3 Å². The van der Waals surface area contributed by atoms with Crippen molar-refractivity contribution in [1.29, 1.82) is 0 Å². The standard InChI is InChI=1S/C23H28N4O2S/c1-17-13-21(30(28,29)25-15-20-16-26(2)11-12-27(20)3)7-8-22(17)18-6-9-23-19(14-18)5-4-10-24-23/h4-10,13-14,20,25H,11-12,15-16H2,1-3H3. The number of sulfonamides is 1. The zero-order valence-electron chi connectivity index (χ0n) is 17.7. The Morgan fingerprint density at radius 2 is 1.93 bits per heavy atom. The summed E-state index contributed by atoms with van der Waals surface area (Å²) < 4.78 is 28.6. The number of fused-ring (bicyclic) bond motifs is 1. The molecule has 0 aliphatic carbocycles. The van der Waals surface area contributed by atoms with Crippen LogP contribution >= 0.6 is 0 Å². The number of pyridine rings is 1. The van der Waals surface area contributed by atoms with Crippen molar-refractivity contribution < 1.29 is 8.42 Å². The highest BCUT2D eigenvalue weighted by Crippen LogP contribution is 2.28. The third kappa shape index (κ3) is 4.39. The molecule has 1 aromatic heterocycles. The van der Waals surface area contributed by atoms with Gasteiger partial charge >= 0.3 is 0 Å². The molecule has 1 atom stereocenters. The number of hydrogen-bond acceptors (Lipinski definition) is 5. The van der Waals surface area contributed by atoms with Gasteiger partial charge in [0, 0.05) is 43.8 Å². The average molecular weight is 425 g/mol. The molecule has 6 nitrogen and oxygen atoms in total. The van der Waals surface area contributed by atoms with E-state index in [1.54, 1.807) is 18.3 Å². The first-order valence-electron chi connectivity index (χ1n) is 10.2. The Kier molecular flexibility index (Phi) is 5.88. The quantitative estimate of drug-likeness (QED) is 0.682. The van der Waals surface area contributed by atoms with E-state index in [9.17, 15) is 8.42 Å². The normalized spacial score (nSPS) is 18.7. The monoisotopic (exact) mass is 424 g/mol. The molecular weight excluding hydrogens is 396 g/mol. The summed E-state index contributed by atoms with van der Waals surface area (Å²) in [7, 11) is 0.553. The van der Waals surface area contributed by atoms with Crippen LogP contribution in [0.15, 0.2) is 59.6 Å². The van der Waals surface area contributed by atoms with Crippen molar-refractivity contribution in [2.24, 2.45) is 0 Å². The zero-order chi connectivity index (χ0) is 21.3. The number of nitrogens with zero attached hydrogens (tertiary/aromatic N) is 3. The van der Waals surface area contributed by atoms with Gasteiger partial charge in [0.2, 0.25) is 10.0 Å². The maximum absolute atomic E-state index is 12.9. The minimum Gasteiger partial charge on any atom is -0.303 e. The molecule has 1 unspecified atom stereocenters. The first-order chi connectivity index (χ1) is 14.3. The molecule has 2 aromatic carbocycles. The zero-order valence-corrected chi connectivity index (χ0v) is 18.5. The predicted molar refractivity (Wildman–Crippen MR) is 121 cm³/mol. The summed E-state index contributed by atoms with van der Waals surface area (Å²) in [6, 6.07) is 15.6. The van der Waals surface area contributed by atoms with E-state index in [2.05, 4.69) is 32.6 Å². The summed E-state index contributed by atoms with van der Waals surface area (Å²) >= 11 is 0. The molecule has 0 spiro atoms. The molecule has 7 heteroatoms. The molecule has 3 aromatic rings. The van der Waals surface area contributed by atoms with Crippen LogP contribution in [-0.2, 0) is 10.0 Å². The van der Waals surface area contributed by atoms with Gasteiger partial charge in [-0.05, 0) is 68.0 Å². The van der Waals surface area contributed by atoms with Gasteiger partial charge < -0.3 is 4.90 Å². The maximum atomic E-state index is 12.9. The number of rotatable bonds is 5. The van der Waals surface area contributed by atoms with Gasteiger partial charge in [0.25, 0.3) is 0 Å². The van der Waals surface area contributed by atoms with E-state index in [1.807, 2.05) is 44.3 Å². The lowest BCUT2D eigenvalue weighted by Crippen LogP contribution is -2.54. The molecule has 2 heterocycles.